The van der Waals surface area contributed by atoms with Crippen LogP contribution in [0.5, 0.6) is 0 Å². The van der Waals surface area contributed by atoms with Crippen molar-refractivity contribution in [1.82, 2.24) is 10.2 Å². The summed E-state index contributed by atoms with van der Waals surface area (Å²) in [6.45, 7) is 5.10. The average molecular weight is 395 g/mol. The molecular weight excluding hydrogens is 373 g/mol. The van der Waals surface area contributed by atoms with Crippen molar-refractivity contribution in [2.45, 2.75) is 25.1 Å². The molecule has 0 aromatic carbocycles. The van der Waals surface area contributed by atoms with E-state index in [-0.39, 0.29) is 24.0 Å². The Morgan fingerprint density at radius 3 is 3.11 bits per heavy atom. The lowest BCUT2D eigenvalue weighted by molar-refractivity contribution is 0.403. The maximum absolute atomic E-state index is 5.32. The van der Waals surface area contributed by atoms with Crippen LogP contribution in [-0.2, 0) is 6.54 Å². The normalized spacial score (nSPS) is 20.0. The summed E-state index contributed by atoms with van der Waals surface area (Å²) in [6, 6.07) is 3.88. The Hall–Kier alpha value is -0.370. The summed E-state index contributed by atoms with van der Waals surface area (Å²) in [5.41, 5.74) is 0. The van der Waals surface area contributed by atoms with Crippen LogP contribution in [0.3, 0.4) is 0 Å². The van der Waals surface area contributed by atoms with Gasteiger partial charge < -0.3 is 14.6 Å². The quantitative estimate of drug-likeness (QED) is 0.486. The Bertz CT molecular complexity index is 383. The van der Waals surface area contributed by atoms with Gasteiger partial charge in [-0.1, -0.05) is 6.92 Å². The van der Waals surface area contributed by atoms with E-state index in [2.05, 4.69) is 33.9 Å². The molecule has 1 aromatic heterocycles. The molecule has 0 radical (unpaired) electrons. The van der Waals surface area contributed by atoms with E-state index in [0.29, 0.717) is 6.54 Å². The molecule has 1 aromatic rings. The molecule has 4 nitrogen and oxygen atoms in total. The van der Waals surface area contributed by atoms with Crippen molar-refractivity contribution in [2.75, 3.05) is 25.9 Å². The molecule has 6 heteroatoms. The monoisotopic (exact) mass is 395 g/mol. The molecule has 2 heterocycles. The molecule has 2 rings (SSSR count). The average Bonchev–Trinajstić information content (AvgIpc) is 2.93. The number of nitrogens with one attached hydrogen (secondary N) is 1. The van der Waals surface area contributed by atoms with Crippen molar-refractivity contribution in [1.29, 1.82) is 0 Å². The van der Waals surface area contributed by atoms with Crippen molar-refractivity contribution in [2.24, 2.45) is 4.99 Å². The van der Waals surface area contributed by atoms with Crippen LogP contribution in [0.4, 0.5) is 0 Å². The van der Waals surface area contributed by atoms with Crippen LogP contribution >= 0.6 is 35.7 Å². The summed E-state index contributed by atoms with van der Waals surface area (Å²) < 4.78 is 5.32. The zero-order valence-corrected chi connectivity index (χ0v) is 14.6. The largest absolute Gasteiger partial charge is 0.467 e. The first-order chi connectivity index (χ1) is 8.83. The van der Waals surface area contributed by atoms with Gasteiger partial charge in [-0.05, 0) is 18.6 Å². The minimum Gasteiger partial charge on any atom is -0.467 e. The number of aliphatic imine (C=N–C) groups is 1. The Balaban J connectivity index is 0.00000180. The first-order valence-corrected chi connectivity index (χ1v) is 7.48. The molecule has 0 spiro atoms. The minimum atomic E-state index is 0. The van der Waals surface area contributed by atoms with Crippen LogP contribution in [0, 0.1) is 0 Å². The molecule has 19 heavy (non-hydrogen) atoms. The van der Waals surface area contributed by atoms with Crippen molar-refractivity contribution < 1.29 is 4.42 Å². The van der Waals surface area contributed by atoms with E-state index in [1.807, 2.05) is 19.2 Å². The number of rotatable bonds is 3. The second-order valence-electron chi connectivity index (χ2n) is 4.33. The van der Waals surface area contributed by atoms with E-state index in [4.69, 9.17) is 4.42 Å². The second-order valence-corrected chi connectivity index (χ2v) is 5.74. The maximum atomic E-state index is 5.32. The fourth-order valence-corrected chi connectivity index (χ4v) is 3.25. The second kappa shape index (κ2) is 8.73. The van der Waals surface area contributed by atoms with Crippen molar-refractivity contribution in [3.8, 4) is 0 Å². The Kier molecular flexibility index (Phi) is 7.67. The Morgan fingerprint density at radius 1 is 1.63 bits per heavy atom. The van der Waals surface area contributed by atoms with Gasteiger partial charge in [0.25, 0.3) is 0 Å². The predicted molar refractivity (Wildman–Crippen MR) is 92.4 cm³/mol. The molecule has 0 amide bonds. The van der Waals surface area contributed by atoms with Gasteiger partial charge in [-0.3, -0.25) is 4.99 Å². The topological polar surface area (TPSA) is 40.8 Å². The van der Waals surface area contributed by atoms with Crippen molar-refractivity contribution in [3.63, 3.8) is 0 Å². The number of furan rings is 1. The highest BCUT2D eigenvalue weighted by molar-refractivity contribution is 14.0. The van der Waals surface area contributed by atoms with Gasteiger partial charge in [-0.2, -0.15) is 11.8 Å². The fourth-order valence-electron chi connectivity index (χ4n) is 2.07. The first-order valence-electron chi connectivity index (χ1n) is 6.43. The molecule has 1 aliphatic heterocycles. The van der Waals surface area contributed by atoms with E-state index in [1.165, 1.54) is 12.2 Å². The van der Waals surface area contributed by atoms with E-state index < -0.39 is 0 Å². The van der Waals surface area contributed by atoms with E-state index in [1.54, 1.807) is 6.26 Å². The third kappa shape index (κ3) is 4.91. The lowest BCUT2D eigenvalue weighted by Gasteiger charge is -2.34. The number of hydrogen-bond donors (Lipinski definition) is 1. The third-order valence-electron chi connectivity index (χ3n) is 3.11. The Morgan fingerprint density at radius 2 is 2.47 bits per heavy atom. The molecule has 1 saturated heterocycles. The lowest BCUT2D eigenvalue weighted by Crippen LogP contribution is -2.47. The van der Waals surface area contributed by atoms with E-state index in [0.717, 1.165) is 30.1 Å². The SMILES string of the molecule is CCC1CN(C(=NC)NCc2ccco2)CCS1.I. The summed E-state index contributed by atoms with van der Waals surface area (Å²) in [5, 5.41) is 4.08. The van der Waals surface area contributed by atoms with Crippen LogP contribution in [0.1, 0.15) is 19.1 Å². The van der Waals surface area contributed by atoms with E-state index in [9.17, 15) is 0 Å². The van der Waals surface area contributed by atoms with Crippen LogP contribution in [0.2, 0.25) is 0 Å². The number of nitrogens with zero attached hydrogens (tertiary/aromatic N) is 2. The molecule has 0 bridgehead atoms. The summed E-state index contributed by atoms with van der Waals surface area (Å²) in [6.07, 6.45) is 2.92. The molecule has 0 aliphatic carbocycles. The number of halogens is 1. The van der Waals surface area contributed by atoms with E-state index >= 15 is 0 Å². The van der Waals surface area contributed by atoms with Crippen LogP contribution in [-0.4, -0.2) is 42.0 Å². The van der Waals surface area contributed by atoms with Gasteiger partial charge in [0.05, 0.1) is 12.8 Å². The van der Waals surface area contributed by atoms with Crippen molar-refractivity contribution >= 4 is 41.7 Å². The van der Waals surface area contributed by atoms with Crippen LogP contribution in [0.25, 0.3) is 0 Å². The van der Waals surface area contributed by atoms with Gasteiger partial charge in [0, 0.05) is 31.1 Å². The number of hydrogen-bond acceptors (Lipinski definition) is 3. The Labute approximate surface area is 136 Å². The summed E-state index contributed by atoms with van der Waals surface area (Å²) in [5.74, 6) is 3.10. The predicted octanol–water partition coefficient (Wildman–Crippen LogP) is 2.80. The standard InChI is InChI=1S/C13H21N3OS.HI/c1-3-12-10-16(6-8-18-12)13(14-2)15-9-11-5-4-7-17-11;/h4-5,7,12H,3,6,8-10H2,1-2H3,(H,14,15);1H. The zero-order valence-electron chi connectivity index (χ0n) is 11.5. The summed E-state index contributed by atoms with van der Waals surface area (Å²) in [4.78, 5) is 6.70. The first kappa shape index (κ1) is 16.7. The molecule has 1 unspecified atom stereocenters. The summed E-state index contributed by atoms with van der Waals surface area (Å²) in [7, 11) is 1.84. The lowest BCUT2D eigenvalue weighted by atomic mass is 10.3. The number of thioether (sulfide) groups is 1. The fraction of sp³-hybridized carbons (Fsp3) is 0.615. The highest BCUT2D eigenvalue weighted by atomic mass is 127. The molecule has 108 valence electrons. The summed E-state index contributed by atoms with van der Waals surface area (Å²) >= 11 is 2.07. The molecule has 1 atom stereocenters. The van der Waals surface area contributed by atoms with Gasteiger partial charge in [-0.15, -0.1) is 24.0 Å². The van der Waals surface area contributed by atoms with Gasteiger partial charge >= 0.3 is 0 Å². The minimum absolute atomic E-state index is 0. The number of guanidine groups is 1. The van der Waals surface area contributed by atoms with Gasteiger partial charge in [0.15, 0.2) is 5.96 Å². The molecule has 1 N–H and O–H groups in total. The molecular formula is C13H22IN3OS. The molecule has 1 aliphatic rings. The molecule has 0 saturated carbocycles. The highest BCUT2D eigenvalue weighted by Gasteiger charge is 2.21. The maximum Gasteiger partial charge on any atom is 0.194 e. The van der Waals surface area contributed by atoms with Gasteiger partial charge in [-0.25, -0.2) is 0 Å². The smallest absolute Gasteiger partial charge is 0.194 e. The van der Waals surface area contributed by atoms with Crippen LogP contribution in [0.15, 0.2) is 27.8 Å². The van der Waals surface area contributed by atoms with Crippen LogP contribution < -0.4 is 5.32 Å². The molecule has 1 fully saturated rings. The van der Waals surface area contributed by atoms with Gasteiger partial charge in [0.2, 0.25) is 0 Å². The zero-order chi connectivity index (χ0) is 12.8. The highest BCUT2D eigenvalue weighted by Crippen LogP contribution is 2.21. The third-order valence-corrected chi connectivity index (χ3v) is 4.48. The van der Waals surface area contributed by atoms with Gasteiger partial charge in [0.1, 0.15) is 5.76 Å². The van der Waals surface area contributed by atoms with Crippen molar-refractivity contribution in [3.05, 3.63) is 24.2 Å².